The normalized spacial score (nSPS) is 16.8. The van der Waals surface area contributed by atoms with Crippen LogP contribution in [0.4, 0.5) is 0 Å². The molecular formula is C11H11BrS. The Morgan fingerprint density at radius 2 is 2.23 bits per heavy atom. The Morgan fingerprint density at radius 3 is 2.92 bits per heavy atom. The standard InChI is InChI=1S/C11H11BrS/c12-11-3-1-2-10(8-11)9-4-6-13-7-5-9/h1-4,8H,5-7H2. The maximum Gasteiger partial charge on any atom is 0.0181 e. The third-order valence-corrected chi connectivity index (χ3v) is 3.55. The van der Waals surface area contributed by atoms with Gasteiger partial charge in [-0.1, -0.05) is 34.1 Å². The van der Waals surface area contributed by atoms with Crippen LogP contribution in [-0.4, -0.2) is 11.5 Å². The second-order valence-electron chi connectivity index (χ2n) is 3.06. The first-order valence-corrected chi connectivity index (χ1v) is 6.34. The molecule has 2 heteroatoms. The summed E-state index contributed by atoms with van der Waals surface area (Å²) >= 11 is 5.51. The van der Waals surface area contributed by atoms with Gasteiger partial charge in [-0.3, -0.25) is 0 Å². The number of thioether (sulfide) groups is 1. The molecule has 0 amide bonds. The topological polar surface area (TPSA) is 0 Å². The molecule has 0 atom stereocenters. The quantitative estimate of drug-likeness (QED) is 0.731. The van der Waals surface area contributed by atoms with E-state index in [1.54, 1.807) is 0 Å². The molecule has 1 heterocycles. The van der Waals surface area contributed by atoms with E-state index in [2.05, 4.69) is 46.3 Å². The molecule has 0 bridgehead atoms. The molecule has 1 aromatic rings. The van der Waals surface area contributed by atoms with E-state index in [4.69, 9.17) is 0 Å². The maximum absolute atomic E-state index is 3.50. The second kappa shape index (κ2) is 4.34. The van der Waals surface area contributed by atoms with E-state index in [0.717, 1.165) is 0 Å². The number of halogens is 1. The molecule has 1 aliphatic rings. The van der Waals surface area contributed by atoms with Gasteiger partial charge in [0, 0.05) is 10.2 Å². The zero-order chi connectivity index (χ0) is 9.10. The van der Waals surface area contributed by atoms with Crippen LogP contribution in [0.2, 0.25) is 0 Å². The van der Waals surface area contributed by atoms with Crippen molar-refractivity contribution in [3.8, 4) is 0 Å². The third-order valence-electron chi connectivity index (χ3n) is 2.16. The summed E-state index contributed by atoms with van der Waals surface area (Å²) < 4.78 is 1.17. The number of hydrogen-bond donors (Lipinski definition) is 0. The van der Waals surface area contributed by atoms with Gasteiger partial charge >= 0.3 is 0 Å². The highest BCUT2D eigenvalue weighted by Gasteiger charge is 2.05. The summed E-state index contributed by atoms with van der Waals surface area (Å²) in [6.45, 7) is 0. The van der Waals surface area contributed by atoms with Crippen LogP contribution >= 0.6 is 27.7 Å². The number of hydrogen-bond acceptors (Lipinski definition) is 1. The van der Waals surface area contributed by atoms with Crippen LogP contribution < -0.4 is 0 Å². The Hall–Kier alpha value is -0.210. The van der Waals surface area contributed by atoms with Crippen LogP contribution in [0.3, 0.4) is 0 Å². The number of rotatable bonds is 1. The maximum atomic E-state index is 3.50. The summed E-state index contributed by atoms with van der Waals surface area (Å²) in [5, 5.41) is 0. The zero-order valence-corrected chi connectivity index (χ0v) is 9.70. The predicted octanol–water partition coefficient (Wildman–Crippen LogP) is 3.97. The Morgan fingerprint density at radius 1 is 1.31 bits per heavy atom. The molecule has 2 rings (SSSR count). The summed E-state index contributed by atoms with van der Waals surface area (Å²) in [5.41, 5.74) is 2.87. The summed E-state index contributed by atoms with van der Waals surface area (Å²) in [4.78, 5) is 0. The number of benzene rings is 1. The van der Waals surface area contributed by atoms with Crippen LogP contribution in [-0.2, 0) is 0 Å². The lowest BCUT2D eigenvalue weighted by atomic mass is 10.0. The average molecular weight is 255 g/mol. The van der Waals surface area contributed by atoms with Gasteiger partial charge in [0.05, 0.1) is 0 Å². The largest absolute Gasteiger partial charge is 0.157 e. The first-order chi connectivity index (χ1) is 6.36. The first kappa shape index (κ1) is 9.35. The molecule has 0 aromatic heterocycles. The van der Waals surface area contributed by atoms with Crippen LogP contribution in [0, 0.1) is 0 Å². The fraction of sp³-hybridized carbons (Fsp3) is 0.273. The van der Waals surface area contributed by atoms with E-state index in [9.17, 15) is 0 Å². The van der Waals surface area contributed by atoms with Gasteiger partial charge in [0.2, 0.25) is 0 Å². The highest BCUT2D eigenvalue weighted by Crippen LogP contribution is 2.27. The molecule has 0 saturated carbocycles. The molecular weight excluding hydrogens is 244 g/mol. The predicted molar refractivity (Wildman–Crippen MR) is 64.1 cm³/mol. The van der Waals surface area contributed by atoms with Gasteiger partial charge in [-0.25, -0.2) is 0 Å². The summed E-state index contributed by atoms with van der Waals surface area (Å²) in [7, 11) is 0. The molecule has 0 nitrogen and oxygen atoms in total. The minimum Gasteiger partial charge on any atom is -0.157 e. The van der Waals surface area contributed by atoms with Gasteiger partial charge in [-0.05, 0) is 35.4 Å². The average Bonchev–Trinajstić information content (AvgIpc) is 2.19. The lowest BCUT2D eigenvalue weighted by molar-refractivity contribution is 1.23. The molecule has 0 spiro atoms. The van der Waals surface area contributed by atoms with Crippen molar-refractivity contribution >= 4 is 33.3 Å². The summed E-state index contributed by atoms with van der Waals surface area (Å²) in [6.07, 6.45) is 3.55. The van der Waals surface area contributed by atoms with Gasteiger partial charge in [0.1, 0.15) is 0 Å². The lowest BCUT2D eigenvalue weighted by Crippen LogP contribution is -1.94. The number of allylic oxidation sites excluding steroid dienone is 1. The summed E-state index contributed by atoms with van der Waals surface area (Å²) in [5.74, 6) is 2.43. The third kappa shape index (κ3) is 2.38. The minimum absolute atomic E-state index is 1.17. The van der Waals surface area contributed by atoms with Crippen molar-refractivity contribution in [1.82, 2.24) is 0 Å². The van der Waals surface area contributed by atoms with E-state index >= 15 is 0 Å². The molecule has 0 aliphatic carbocycles. The SMILES string of the molecule is Brc1cccc(C2=CCSCC2)c1. The summed E-state index contributed by atoms with van der Waals surface area (Å²) in [6, 6.07) is 8.55. The van der Waals surface area contributed by atoms with Gasteiger partial charge in [0.25, 0.3) is 0 Å². The van der Waals surface area contributed by atoms with Crippen molar-refractivity contribution in [2.24, 2.45) is 0 Å². The first-order valence-electron chi connectivity index (χ1n) is 4.39. The monoisotopic (exact) mass is 254 g/mol. The van der Waals surface area contributed by atoms with Crippen molar-refractivity contribution in [3.05, 3.63) is 40.4 Å². The molecule has 0 fully saturated rings. The van der Waals surface area contributed by atoms with E-state index in [0.29, 0.717) is 0 Å². The van der Waals surface area contributed by atoms with Gasteiger partial charge in [-0.2, -0.15) is 11.8 Å². The molecule has 0 unspecified atom stereocenters. The highest BCUT2D eigenvalue weighted by atomic mass is 79.9. The Balaban J connectivity index is 2.29. The van der Waals surface area contributed by atoms with E-state index in [1.165, 1.54) is 33.5 Å². The second-order valence-corrected chi connectivity index (χ2v) is 5.13. The fourth-order valence-corrected chi connectivity index (χ4v) is 2.73. The van der Waals surface area contributed by atoms with Crippen LogP contribution in [0.5, 0.6) is 0 Å². The van der Waals surface area contributed by atoms with E-state index < -0.39 is 0 Å². The lowest BCUT2D eigenvalue weighted by Gasteiger charge is -2.12. The van der Waals surface area contributed by atoms with Crippen molar-refractivity contribution in [1.29, 1.82) is 0 Å². The molecule has 68 valence electrons. The molecule has 13 heavy (non-hydrogen) atoms. The Labute approximate surface area is 91.6 Å². The van der Waals surface area contributed by atoms with Crippen molar-refractivity contribution in [3.63, 3.8) is 0 Å². The van der Waals surface area contributed by atoms with Crippen molar-refractivity contribution in [2.75, 3.05) is 11.5 Å². The smallest absolute Gasteiger partial charge is 0.0181 e. The molecule has 1 aromatic carbocycles. The molecule has 0 N–H and O–H groups in total. The van der Waals surface area contributed by atoms with Gasteiger partial charge in [-0.15, -0.1) is 0 Å². The van der Waals surface area contributed by atoms with Crippen LogP contribution in [0.25, 0.3) is 5.57 Å². The minimum atomic E-state index is 1.17. The van der Waals surface area contributed by atoms with Crippen molar-refractivity contribution in [2.45, 2.75) is 6.42 Å². The highest BCUT2D eigenvalue weighted by molar-refractivity contribution is 9.10. The molecule has 1 aliphatic heterocycles. The zero-order valence-electron chi connectivity index (χ0n) is 7.29. The Bertz CT molecular complexity index is 331. The fourth-order valence-electron chi connectivity index (χ4n) is 1.48. The van der Waals surface area contributed by atoms with Gasteiger partial charge < -0.3 is 0 Å². The van der Waals surface area contributed by atoms with Crippen LogP contribution in [0.1, 0.15) is 12.0 Å². The van der Waals surface area contributed by atoms with Gasteiger partial charge in [0.15, 0.2) is 0 Å². The Kier molecular flexibility index (Phi) is 3.12. The van der Waals surface area contributed by atoms with Crippen LogP contribution in [0.15, 0.2) is 34.8 Å². The van der Waals surface area contributed by atoms with E-state index in [-0.39, 0.29) is 0 Å². The van der Waals surface area contributed by atoms with E-state index in [1.807, 2.05) is 11.8 Å². The molecule has 0 radical (unpaired) electrons. The molecule has 0 saturated heterocycles. The van der Waals surface area contributed by atoms with Crippen molar-refractivity contribution < 1.29 is 0 Å².